The number of benzene rings is 1. The third kappa shape index (κ3) is 4.48. The fourth-order valence-electron chi connectivity index (χ4n) is 1.23. The smallest absolute Gasteiger partial charge is 0.00426 e. The van der Waals surface area contributed by atoms with Crippen molar-refractivity contribution in [3.05, 3.63) is 48.0 Å². The summed E-state index contributed by atoms with van der Waals surface area (Å²) in [4.78, 5) is 0. The summed E-state index contributed by atoms with van der Waals surface area (Å²) in [7, 11) is 0. The first-order chi connectivity index (χ1) is 6.43. The molecule has 0 saturated carbocycles. The highest BCUT2D eigenvalue weighted by Crippen LogP contribution is 2.02. The van der Waals surface area contributed by atoms with Crippen LogP contribution in [0.5, 0.6) is 0 Å². The maximum atomic E-state index is 5.37. The second-order valence-corrected chi connectivity index (χ2v) is 3.07. The molecule has 0 aromatic heterocycles. The molecular formula is C12H17N. The fraction of sp³-hybridized carbons (Fsp3) is 0.333. The largest absolute Gasteiger partial charge is 0.330 e. The van der Waals surface area contributed by atoms with Crippen molar-refractivity contribution < 1.29 is 0 Å². The second kappa shape index (κ2) is 6.44. The van der Waals surface area contributed by atoms with Gasteiger partial charge in [0.15, 0.2) is 0 Å². The van der Waals surface area contributed by atoms with Gasteiger partial charge in [-0.15, -0.1) is 0 Å². The van der Waals surface area contributed by atoms with Crippen molar-refractivity contribution >= 4 is 0 Å². The Labute approximate surface area is 80.3 Å². The Morgan fingerprint density at radius 1 is 1.00 bits per heavy atom. The molecule has 0 unspecified atom stereocenters. The van der Waals surface area contributed by atoms with Crippen LogP contribution in [0.15, 0.2) is 42.5 Å². The molecule has 0 heterocycles. The molecule has 1 rings (SSSR count). The molecule has 0 fully saturated rings. The van der Waals surface area contributed by atoms with Gasteiger partial charge in [-0.25, -0.2) is 0 Å². The zero-order valence-electron chi connectivity index (χ0n) is 7.95. The quantitative estimate of drug-likeness (QED) is 0.684. The van der Waals surface area contributed by atoms with Crippen molar-refractivity contribution in [3.8, 4) is 0 Å². The van der Waals surface area contributed by atoms with Gasteiger partial charge in [0.1, 0.15) is 0 Å². The zero-order chi connectivity index (χ0) is 9.36. The maximum Gasteiger partial charge on any atom is -0.00426 e. The molecule has 0 aliphatic rings. The van der Waals surface area contributed by atoms with E-state index in [-0.39, 0.29) is 0 Å². The first-order valence-corrected chi connectivity index (χ1v) is 4.82. The first-order valence-electron chi connectivity index (χ1n) is 4.82. The first kappa shape index (κ1) is 10.0. The lowest BCUT2D eigenvalue weighted by Crippen LogP contribution is -1.95. The number of rotatable bonds is 5. The van der Waals surface area contributed by atoms with Gasteiger partial charge in [-0.3, -0.25) is 0 Å². The van der Waals surface area contributed by atoms with E-state index in [0.717, 1.165) is 25.8 Å². The molecule has 13 heavy (non-hydrogen) atoms. The molecule has 2 N–H and O–H groups in total. The molecule has 0 aliphatic carbocycles. The summed E-state index contributed by atoms with van der Waals surface area (Å²) in [5, 5.41) is 0. The number of nitrogens with two attached hydrogens (primary N) is 1. The van der Waals surface area contributed by atoms with E-state index in [1.165, 1.54) is 5.56 Å². The number of hydrogen-bond acceptors (Lipinski definition) is 1. The van der Waals surface area contributed by atoms with E-state index in [9.17, 15) is 0 Å². The minimum atomic E-state index is 0.752. The van der Waals surface area contributed by atoms with Gasteiger partial charge in [-0.05, 0) is 31.4 Å². The van der Waals surface area contributed by atoms with E-state index >= 15 is 0 Å². The molecule has 0 aliphatic heterocycles. The minimum Gasteiger partial charge on any atom is -0.330 e. The summed E-state index contributed by atoms with van der Waals surface area (Å²) in [6, 6.07) is 10.5. The van der Waals surface area contributed by atoms with Gasteiger partial charge in [0.25, 0.3) is 0 Å². The predicted octanol–water partition coefficient (Wildman–Crippen LogP) is 2.52. The number of allylic oxidation sites excluding steroid dienone is 1. The van der Waals surface area contributed by atoms with E-state index in [4.69, 9.17) is 5.73 Å². The lowest BCUT2D eigenvalue weighted by molar-refractivity contribution is 0.965. The maximum absolute atomic E-state index is 5.37. The van der Waals surface area contributed by atoms with E-state index in [1.807, 2.05) is 6.07 Å². The molecule has 0 atom stereocenters. The van der Waals surface area contributed by atoms with Gasteiger partial charge in [0, 0.05) is 0 Å². The summed E-state index contributed by atoms with van der Waals surface area (Å²) < 4.78 is 0. The van der Waals surface area contributed by atoms with Gasteiger partial charge in [-0.1, -0.05) is 42.5 Å². The van der Waals surface area contributed by atoms with Crippen molar-refractivity contribution in [2.24, 2.45) is 5.73 Å². The fourth-order valence-corrected chi connectivity index (χ4v) is 1.23. The second-order valence-electron chi connectivity index (χ2n) is 3.07. The molecule has 0 radical (unpaired) electrons. The van der Waals surface area contributed by atoms with Gasteiger partial charge in [0.2, 0.25) is 0 Å². The standard InChI is InChI=1S/C12H17N/c13-11-7-2-1-4-8-12-9-5-3-6-10-12/h1-3,5-6,9-10H,4,7-8,11,13H2. The third-order valence-corrected chi connectivity index (χ3v) is 1.94. The normalized spacial score (nSPS) is 10.8. The Hall–Kier alpha value is -1.08. The molecule has 1 nitrogen and oxygen atoms in total. The molecule has 0 spiro atoms. The minimum absolute atomic E-state index is 0.752. The van der Waals surface area contributed by atoms with Crippen molar-refractivity contribution in [1.29, 1.82) is 0 Å². The van der Waals surface area contributed by atoms with E-state index in [2.05, 4.69) is 36.4 Å². The molecule has 1 aromatic carbocycles. The highest BCUT2D eigenvalue weighted by Gasteiger charge is 1.87. The van der Waals surface area contributed by atoms with Crippen molar-refractivity contribution in [1.82, 2.24) is 0 Å². The van der Waals surface area contributed by atoms with Gasteiger partial charge in [0.05, 0.1) is 0 Å². The molecule has 0 bridgehead atoms. The van der Waals surface area contributed by atoms with Gasteiger partial charge < -0.3 is 5.73 Å². The molecule has 1 aromatic rings. The summed E-state index contributed by atoms with van der Waals surface area (Å²) >= 11 is 0. The van der Waals surface area contributed by atoms with Gasteiger partial charge >= 0.3 is 0 Å². The third-order valence-electron chi connectivity index (χ3n) is 1.94. The highest BCUT2D eigenvalue weighted by atomic mass is 14.5. The van der Waals surface area contributed by atoms with E-state index < -0.39 is 0 Å². The Balaban J connectivity index is 2.20. The summed E-state index contributed by atoms with van der Waals surface area (Å²) in [6.45, 7) is 0.752. The number of hydrogen-bond donors (Lipinski definition) is 1. The topological polar surface area (TPSA) is 26.0 Å². The van der Waals surface area contributed by atoms with E-state index in [1.54, 1.807) is 0 Å². The highest BCUT2D eigenvalue weighted by molar-refractivity contribution is 5.15. The van der Waals surface area contributed by atoms with Crippen LogP contribution in [0, 0.1) is 0 Å². The Bertz CT molecular complexity index is 239. The van der Waals surface area contributed by atoms with E-state index in [0.29, 0.717) is 0 Å². The van der Waals surface area contributed by atoms with Crippen LogP contribution in [0.4, 0.5) is 0 Å². The van der Waals surface area contributed by atoms with Crippen LogP contribution < -0.4 is 5.73 Å². The summed E-state index contributed by atoms with van der Waals surface area (Å²) in [5.74, 6) is 0. The Morgan fingerprint density at radius 3 is 2.38 bits per heavy atom. The Kier molecular flexibility index (Phi) is 4.95. The number of aryl methyl sites for hydroxylation is 1. The summed E-state index contributed by atoms with van der Waals surface area (Å²) in [6.07, 6.45) is 7.60. The van der Waals surface area contributed by atoms with Crippen molar-refractivity contribution in [3.63, 3.8) is 0 Å². The lowest BCUT2D eigenvalue weighted by Gasteiger charge is -1.95. The summed E-state index contributed by atoms with van der Waals surface area (Å²) in [5.41, 5.74) is 6.77. The molecule has 0 saturated heterocycles. The SMILES string of the molecule is NCCC=CCCc1ccccc1. The molecule has 0 amide bonds. The van der Waals surface area contributed by atoms with Crippen LogP contribution >= 0.6 is 0 Å². The molecular weight excluding hydrogens is 158 g/mol. The van der Waals surface area contributed by atoms with Crippen LogP contribution in [0.3, 0.4) is 0 Å². The molecule has 1 heteroatoms. The van der Waals surface area contributed by atoms with Gasteiger partial charge in [-0.2, -0.15) is 0 Å². The van der Waals surface area contributed by atoms with Crippen molar-refractivity contribution in [2.45, 2.75) is 19.3 Å². The van der Waals surface area contributed by atoms with Crippen LogP contribution in [0.1, 0.15) is 18.4 Å². The monoisotopic (exact) mass is 175 g/mol. The average molecular weight is 175 g/mol. The lowest BCUT2D eigenvalue weighted by atomic mass is 10.1. The predicted molar refractivity (Wildman–Crippen MR) is 57.6 cm³/mol. The van der Waals surface area contributed by atoms with Crippen LogP contribution in [0.25, 0.3) is 0 Å². The van der Waals surface area contributed by atoms with Crippen LogP contribution in [-0.4, -0.2) is 6.54 Å². The van der Waals surface area contributed by atoms with Crippen LogP contribution in [0.2, 0.25) is 0 Å². The molecule has 70 valence electrons. The van der Waals surface area contributed by atoms with Crippen LogP contribution in [-0.2, 0) is 6.42 Å². The zero-order valence-corrected chi connectivity index (χ0v) is 7.95. The van der Waals surface area contributed by atoms with Crippen molar-refractivity contribution in [2.75, 3.05) is 6.54 Å². The average Bonchev–Trinajstić information content (AvgIpc) is 2.19. The Morgan fingerprint density at radius 2 is 1.69 bits per heavy atom.